The Bertz CT molecular complexity index is 795. The van der Waals surface area contributed by atoms with Gasteiger partial charge in [-0.1, -0.05) is 68.4 Å². The van der Waals surface area contributed by atoms with Crippen molar-refractivity contribution in [2.75, 3.05) is 0 Å². The van der Waals surface area contributed by atoms with Crippen LogP contribution in [0.1, 0.15) is 48.8 Å². The van der Waals surface area contributed by atoms with Crippen LogP contribution in [0, 0.1) is 5.92 Å². The third-order valence-corrected chi connectivity index (χ3v) is 4.69. The minimum Gasteiger partial charge on any atom is -0.273 e. The van der Waals surface area contributed by atoms with Gasteiger partial charge in [-0.25, -0.2) is 0 Å². The molecule has 0 spiro atoms. The van der Waals surface area contributed by atoms with E-state index in [1.54, 1.807) is 6.08 Å². The minimum atomic E-state index is -0.344. The first-order valence-corrected chi connectivity index (χ1v) is 8.97. The highest BCUT2D eigenvalue weighted by atomic mass is 16.2. The van der Waals surface area contributed by atoms with Gasteiger partial charge in [-0.2, -0.15) is 0 Å². The average molecular weight is 348 g/mol. The van der Waals surface area contributed by atoms with Gasteiger partial charge in [0.1, 0.15) is 0 Å². The second-order valence-electron chi connectivity index (χ2n) is 6.99. The first-order chi connectivity index (χ1) is 12.5. The molecule has 26 heavy (non-hydrogen) atoms. The van der Waals surface area contributed by atoms with Crippen LogP contribution in [0.15, 0.2) is 60.7 Å². The summed E-state index contributed by atoms with van der Waals surface area (Å²) in [7, 11) is 0. The maximum Gasteiger partial charge on any atom is 0.262 e. The van der Waals surface area contributed by atoms with Crippen LogP contribution in [-0.4, -0.2) is 11.8 Å². The zero-order valence-corrected chi connectivity index (χ0v) is 15.1. The molecule has 1 aliphatic carbocycles. The summed E-state index contributed by atoms with van der Waals surface area (Å²) in [6.07, 6.45) is 3.98. The molecule has 0 heterocycles. The standard InChI is InChI=1S/C22H24N2O2/c1-15(2)17-11-8-16(9-12-17)10-13-21(25)23-24-22(26)20-14-19(20)18-6-4-3-5-7-18/h3-13,15,19-20H,14H2,1-2H3,(H,23,25)(H,24,26). The molecule has 1 aliphatic rings. The van der Waals surface area contributed by atoms with Crippen LogP contribution in [0.25, 0.3) is 6.08 Å². The highest BCUT2D eigenvalue weighted by Gasteiger charge is 2.43. The maximum atomic E-state index is 12.1. The molecule has 2 aromatic carbocycles. The molecule has 0 saturated heterocycles. The predicted molar refractivity (Wildman–Crippen MR) is 103 cm³/mol. The molecule has 0 aliphatic heterocycles. The summed E-state index contributed by atoms with van der Waals surface area (Å²) in [6.45, 7) is 4.28. The monoisotopic (exact) mass is 348 g/mol. The predicted octanol–water partition coefficient (Wildman–Crippen LogP) is 3.77. The number of hydrogen-bond donors (Lipinski definition) is 2. The summed E-state index contributed by atoms with van der Waals surface area (Å²) in [5, 5.41) is 0. The SMILES string of the molecule is CC(C)c1ccc(C=CC(=O)NNC(=O)C2CC2c2ccccc2)cc1. The highest BCUT2D eigenvalue weighted by molar-refractivity contribution is 5.93. The Morgan fingerprint density at radius 3 is 2.35 bits per heavy atom. The van der Waals surface area contributed by atoms with Crippen LogP contribution < -0.4 is 10.9 Å². The molecule has 4 heteroatoms. The van der Waals surface area contributed by atoms with E-state index < -0.39 is 0 Å². The van der Waals surface area contributed by atoms with E-state index in [0.29, 0.717) is 5.92 Å². The zero-order chi connectivity index (χ0) is 18.5. The van der Waals surface area contributed by atoms with Gasteiger partial charge in [0.2, 0.25) is 5.91 Å². The molecule has 1 fully saturated rings. The fourth-order valence-electron chi connectivity index (χ4n) is 2.97. The van der Waals surface area contributed by atoms with E-state index in [-0.39, 0.29) is 23.7 Å². The zero-order valence-electron chi connectivity index (χ0n) is 15.1. The van der Waals surface area contributed by atoms with Gasteiger partial charge in [0.25, 0.3) is 5.91 Å². The molecule has 2 atom stereocenters. The maximum absolute atomic E-state index is 12.1. The fraction of sp³-hybridized carbons (Fsp3) is 0.273. The molecule has 2 aromatic rings. The van der Waals surface area contributed by atoms with E-state index in [1.165, 1.54) is 17.2 Å². The summed E-state index contributed by atoms with van der Waals surface area (Å²) in [4.78, 5) is 24.0. The quantitative estimate of drug-likeness (QED) is 0.638. The number of rotatable bonds is 5. The number of hydrogen-bond acceptors (Lipinski definition) is 2. The normalized spacial score (nSPS) is 18.7. The Morgan fingerprint density at radius 1 is 1.00 bits per heavy atom. The largest absolute Gasteiger partial charge is 0.273 e. The minimum absolute atomic E-state index is 0.0646. The summed E-state index contributed by atoms with van der Waals surface area (Å²) in [6, 6.07) is 18.0. The van der Waals surface area contributed by atoms with Crippen molar-refractivity contribution >= 4 is 17.9 Å². The number of carbonyl (C=O) groups is 2. The van der Waals surface area contributed by atoms with E-state index >= 15 is 0 Å². The molecule has 0 bridgehead atoms. The molecule has 2 amide bonds. The van der Waals surface area contributed by atoms with Gasteiger partial charge in [-0.05, 0) is 41.0 Å². The number of amides is 2. The molecule has 1 saturated carbocycles. The summed E-state index contributed by atoms with van der Waals surface area (Å²) in [5.41, 5.74) is 8.34. The Labute approximate surface area is 154 Å². The van der Waals surface area contributed by atoms with Crippen molar-refractivity contribution in [1.82, 2.24) is 10.9 Å². The van der Waals surface area contributed by atoms with Gasteiger partial charge < -0.3 is 0 Å². The van der Waals surface area contributed by atoms with Crippen molar-refractivity contribution in [2.24, 2.45) is 5.92 Å². The van der Waals surface area contributed by atoms with Crippen molar-refractivity contribution in [1.29, 1.82) is 0 Å². The first-order valence-electron chi connectivity index (χ1n) is 8.97. The molecule has 4 nitrogen and oxygen atoms in total. The van der Waals surface area contributed by atoms with Gasteiger partial charge in [0.15, 0.2) is 0 Å². The van der Waals surface area contributed by atoms with Crippen LogP contribution in [0.5, 0.6) is 0 Å². The molecule has 2 unspecified atom stereocenters. The van der Waals surface area contributed by atoms with Gasteiger partial charge in [-0.15, -0.1) is 0 Å². The topological polar surface area (TPSA) is 58.2 Å². The van der Waals surface area contributed by atoms with E-state index in [4.69, 9.17) is 0 Å². The van der Waals surface area contributed by atoms with Crippen LogP contribution in [0.4, 0.5) is 0 Å². The fourth-order valence-corrected chi connectivity index (χ4v) is 2.97. The van der Waals surface area contributed by atoms with Crippen LogP contribution in [0.2, 0.25) is 0 Å². The van der Waals surface area contributed by atoms with Gasteiger partial charge in [0.05, 0.1) is 0 Å². The van der Waals surface area contributed by atoms with Crippen LogP contribution >= 0.6 is 0 Å². The van der Waals surface area contributed by atoms with Crippen LogP contribution in [-0.2, 0) is 9.59 Å². The smallest absolute Gasteiger partial charge is 0.262 e. The Hall–Kier alpha value is -2.88. The average Bonchev–Trinajstić information content (AvgIpc) is 3.46. The van der Waals surface area contributed by atoms with Crippen molar-refractivity contribution in [3.05, 3.63) is 77.4 Å². The Balaban J connectivity index is 1.45. The number of nitrogens with one attached hydrogen (secondary N) is 2. The third-order valence-electron chi connectivity index (χ3n) is 4.69. The first kappa shape index (κ1) is 17.9. The van der Waals surface area contributed by atoms with Crippen molar-refractivity contribution in [2.45, 2.75) is 32.1 Å². The number of carbonyl (C=O) groups excluding carboxylic acids is 2. The lowest BCUT2D eigenvalue weighted by Crippen LogP contribution is -2.41. The molecular weight excluding hydrogens is 324 g/mol. The molecule has 134 valence electrons. The van der Waals surface area contributed by atoms with Gasteiger partial charge in [0, 0.05) is 12.0 Å². The summed E-state index contributed by atoms with van der Waals surface area (Å²) < 4.78 is 0. The third kappa shape index (κ3) is 4.60. The van der Waals surface area contributed by atoms with E-state index in [1.807, 2.05) is 42.5 Å². The molecular formula is C22H24N2O2. The van der Waals surface area contributed by atoms with Crippen LogP contribution in [0.3, 0.4) is 0 Å². The van der Waals surface area contributed by atoms with Crippen molar-refractivity contribution in [3.63, 3.8) is 0 Å². The van der Waals surface area contributed by atoms with E-state index in [0.717, 1.165) is 12.0 Å². The molecule has 0 radical (unpaired) electrons. The lowest BCUT2D eigenvalue weighted by molar-refractivity contribution is -0.127. The Kier molecular flexibility index (Phi) is 5.52. The Morgan fingerprint density at radius 2 is 1.69 bits per heavy atom. The molecule has 2 N–H and O–H groups in total. The lowest BCUT2D eigenvalue weighted by atomic mass is 10.0. The molecule has 3 rings (SSSR count). The van der Waals surface area contributed by atoms with Gasteiger partial charge >= 0.3 is 0 Å². The van der Waals surface area contributed by atoms with E-state index in [9.17, 15) is 9.59 Å². The number of benzene rings is 2. The lowest BCUT2D eigenvalue weighted by Gasteiger charge is -2.06. The molecule has 0 aromatic heterocycles. The highest BCUT2D eigenvalue weighted by Crippen LogP contribution is 2.47. The van der Waals surface area contributed by atoms with Gasteiger partial charge in [-0.3, -0.25) is 20.4 Å². The summed E-state index contributed by atoms with van der Waals surface area (Å²) >= 11 is 0. The summed E-state index contributed by atoms with van der Waals surface area (Å²) in [5.74, 6) is 0.187. The second-order valence-corrected chi connectivity index (χ2v) is 6.99. The van der Waals surface area contributed by atoms with Crippen molar-refractivity contribution in [3.8, 4) is 0 Å². The van der Waals surface area contributed by atoms with Crippen molar-refractivity contribution < 1.29 is 9.59 Å². The second kappa shape index (κ2) is 8.00. The number of hydrazine groups is 1. The van der Waals surface area contributed by atoms with E-state index in [2.05, 4.69) is 36.8 Å².